The summed E-state index contributed by atoms with van der Waals surface area (Å²) in [4.78, 5) is 23.7. The van der Waals surface area contributed by atoms with Crippen molar-refractivity contribution in [3.8, 4) is 12.3 Å². The number of ketones is 1. The number of rotatable bonds is 8. The Kier molecular flexibility index (Phi) is 7.16. The van der Waals surface area contributed by atoms with E-state index < -0.39 is 11.7 Å². The zero-order chi connectivity index (χ0) is 21.7. The summed E-state index contributed by atoms with van der Waals surface area (Å²) >= 11 is 0. The number of carbonyl (C=O) groups is 1. The lowest BCUT2D eigenvalue weighted by molar-refractivity contribution is -0.119. The number of ether oxygens (including phenoxy) is 1. The lowest BCUT2D eigenvalue weighted by Crippen LogP contribution is -2.38. The van der Waals surface area contributed by atoms with Gasteiger partial charge in [-0.2, -0.15) is 9.37 Å². The number of aryl methyl sites for hydroxylation is 1. The van der Waals surface area contributed by atoms with Gasteiger partial charge in [-0.25, -0.2) is 4.98 Å². The van der Waals surface area contributed by atoms with Gasteiger partial charge in [-0.1, -0.05) is 12.8 Å². The number of anilines is 1. The molecule has 0 saturated carbocycles. The third-order valence-corrected chi connectivity index (χ3v) is 6.05. The van der Waals surface area contributed by atoms with Gasteiger partial charge in [-0.05, 0) is 44.4 Å². The number of nitrogens with zero attached hydrogens (tertiary/aromatic N) is 3. The van der Waals surface area contributed by atoms with Crippen LogP contribution < -0.4 is 5.73 Å². The highest BCUT2D eigenvalue weighted by atomic mass is 19.1. The maximum atomic E-state index is 13.5. The average molecular weight is 416 g/mol. The summed E-state index contributed by atoms with van der Waals surface area (Å²) in [6.45, 7) is 1.70. The van der Waals surface area contributed by atoms with E-state index >= 15 is 0 Å². The molecule has 30 heavy (non-hydrogen) atoms. The van der Waals surface area contributed by atoms with Gasteiger partial charge in [0.05, 0.1) is 18.4 Å². The lowest BCUT2D eigenvalue weighted by atomic mass is 9.82. The topological polar surface area (TPSA) is 111 Å². The SMILES string of the molecule is C#C[C@]1(CO)O[C@@H](CC2C=Nc3c(N)nc(F)nc3CC2)C[C@@H]1CCC(=O)CCC. The first-order chi connectivity index (χ1) is 14.4. The zero-order valence-electron chi connectivity index (χ0n) is 17.3. The van der Waals surface area contributed by atoms with Crippen LogP contribution in [-0.4, -0.2) is 45.4 Å². The highest BCUT2D eigenvalue weighted by Gasteiger charge is 2.47. The van der Waals surface area contributed by atoms with Gasteiger partial charge in [0.25, 0.3) is 0 Å². The molecule has 1 saturated heterocycles. The van der Waals surface area contributed by atoms with Gasteiger partial charge in [0.1, 0.15) is 11.5 Å². The van der Waals surface area contributed by atoms with Crippen molar-refractivity contribution in [1.29, 1.82) is 0 Å². The van der Waals surface area contributed by atoms with Crippen molar-refractivity contribution in [2.24, 2.45) is 16.8 Å². The number of terminal acetylenes is 1. The number of Topliss-reactive ketones (excluding diaryl/α,β-unsaturated/α-hetero) is 1. The quantitative estimate of drug-likeness (QED) is 0.498. The highest BCUT2D eigenvalue weighted by molar-refractivity contribution is 5.78. The van der Waals surface area contributed by atoms with Crippen molar-refractivity contribution in [2.45, 2.75) is 70.0 Å². The number of aliphatic imine (C=N–C) groups is 1. The number of nitrogens with two attached hydrogens (primary N) is 1. The molecule has 0 bridgehead atoms. The second kappa shape index (κ2) is 9.63. The molecule has 0 radical (unpaired) electrons. The Balaban J connectivity index is 1.66. The molecule has 7 nitrogen and oxygen atoms in total. The van der Waals surface area contributed by atoms with E-state index in [1.807, 2.05) is 6.92 Å². The molecule has 1 unspecified atom stereocenters. The van der Waals surface area contributed by atoms with E-state index in [1.54, 1.807) is 6.21 Å². The van der Waals surface area contributed by atoms with Gasteiger partial charge in [0.2, 0.25) is 0 Å². The maximum absolute atomic E-state index is 13.5. The minimum Gasteiger partial charge on any atom is -0.392 e. The normalized spacial score (nSPS) is 28.0. The molecule has 4 atom stereocenters. The van der Waals surface area contributed by atoms with E-state index in [9.17, 15) is 14.3 Å². The van der Waals surface area contributed by atoms with Gasteiger partial charge in [-0.3, -0.25) is 9.79 Å². The number of aliphatic hydroxyl groups is 1. The van der Waals surface area contributed by atoms with Crippen LogP contribution in [0.15, 0.2) is 4.99 Å². The smallest absolute Gasteiger partial charge is 0.310 e. The third-order valence-electron chi connectivity index (χ3n) is 6.05. The molecule has 0 aliphatic carbocycles. The number of hydrogen-bond donors (Lipinski definition) is 2. The fourth-order valence-electron chi connectivity index (χ4n) is 4.45. The molecular formula is C22H29FN4O3. The second-order valence-corrected chi connectivity index (χ2v) is 8.18. The molecule has 2 aliphatic rings. The Morgan fingerprint density at radius 3 is 2.97 bits per heavy atom. The fourth-order valence-corrected chi connectivity index (χ4v) is 4.45. The fraction of sp³-hybridized carbons (Fsp3) is 0.636. The molecule has 1 fully saturated rings. The number of fused-ring (bicyclic) bond motifs is 1. The maximum Gasteiger partial charge on any atom is 0.310 e. The van der Waals surface area contributed by atoms with Crippen LogP contribution in [0.5, 0.6) is 0 Å². The molecule has 0 aromatic carbocycles. The Morgan fingerprint density at radius 2 is 2.27 bits per heavy atom. The summed E-state index contributed by atoms with van der Waals surface area (Å²) in [5.41, 5.74) is 5.66. The molecule has 8 heteroatoms. The van der Waals surface area contributed by atoms with Crippen LogP contribution in [0.2, 0.25) is 0 Å². The van der Waals surface area contributed by atoms with Gasteiger partial charge >= 0.3 is 6.08 Å². The predicted octanol–water partition coefficient (Wildman–Crippen LogP) is 2.77. The molecule has 1 aromatic rings. The van der Waals surface area contributed by atoms with Crippen molar-refractivity contribution in [3.63, 3.8) is 0 Å². The van der Waals surface area contributed by atoms with Crippen LogP contribution in [0.25, 0.3) is 0 Å². The van der Waals surface area contributed by atoms with Crippen LogP contribution in [0, 0.1) is 30.3 Å². The van der Waals surface area contributed by atoms with Crippen LogP contribution in [0.4, 0.5) is 15.9 Å². The standard InChI is InChI=1S/C22H29FN4O3/c1-3-5-16(29)8-7-15-11-17(30-22(15,4-2)13-28)10-14-6-9-18-19(25-12-14)20(24)27-21(23)26-18/h2,12,14-15,17,28H,3,5-11,13H2,1H3,(H2,24,26,27)/t14?,15-,17-,22+/m0/s1. The Morgan fingerprint density at radius 1 is 1.47 bits per heavy atom. The van der Waals surface area contributed by atoms with E-state index in [-0.39, 0.29) is 36.1 Å². The summed E-state index contributed by atoms with van der Waals surface area (Å²) in [5, 5.41) is 9.96. The second-order valence-electron chi connectivity index (χ2n) is 8.18. The van der Waals surface area contributed by atoms with Crippen LogP contribution in [0.3, 0.4) is 0 Å². The average Bonchev–Trinajstić information content (AvgIpc) is 2.94. The molecule has 162 valence electrons. The van der Waals surface area contributed by atoms with Crippen molar-refractivity contribution >= 4 is 23.5 Å². The summed E-state index contributed by atoms with van der Waals surface area (Å²) in [6.07, 6.45) is 11.6. The monoisotopic (exact) mass is 416 g/mol. The third kappa shape index (κ3) is 4.85. The predicted molar refractivity (Wildman–Crippen MR) is 112 cm³/mol. The zero-order valence-corrected chi connectivity index (χ0v) is 17.3. The molecule has 1 aromatic heterocycles. The number of nitrogen functional groups attached to an aromatic ring is 1. The molecule has 3 N–H and O–H groups in total. The first-order valence-corrected chi connectivity index (χ1v) is 10.5. The minimum atomic E-state index is -1.05. The van der Waals surface area contributed by atoms with E-state index in [1.165, 1.54) is 0 Å². The van der Waals surface area contributed by atoms with E-state index in [0.29, 0.717) is 56.3 Å². The van der Waals surface area contributed by atoms with Gasteiger partial charge in [-0.15, -0.1) is 6.42 Å². The summed E-state index contributed by atoms with van der Waals surface area (Å²) in [5.74, 6) is 2.89. The molecular weight excluding hydrogens is 387 g/mol. The summed E-state index contributed by atoms with van der Waals surface area (Å²) in [6, 6.07) is 0. The Labute approximate surface area is 176 Å². The number of halogens is 1. The van der Waals surface area contributed by atoms with Crippen molar-refractivity contribution in [2.75, 3.05) is 12.3 Å². The van der Waals surface area contributed by atoms with Crippen molar-refractivity contribution in [3.05, 3.63) is 11.8 Å². The van der Waals surface area contributed by atoms with E-state index in [0.717, 1.165) is 6.42 Å². The number of aromatic nitrogens is 2. The van der Waals surface area contributed by atoms with E-state index in [2.05, 4.69) is 20.9 Å². The molecule has 2 aliphatic heterocycles. The van der Waals surface area contributed by atoms with Crippen LogP contribution >= 0.6 is 0 Å². The minimum absolute atomic E-state index is 0.0370. The molecule has 0 amide bonds. The lowest BCUT2D eigenvalue weighted by Gasteiger charge is -2.27. The van der Waals surface area contributed by atoms with Gasteiger partial charge in [0, 0.05) is 25.0 Å². The van der Waals surface area contributed by atoms with E-state index in [4.69, 9.17) is 16.9 Å². The van der Waals surface area contributed by atoms with Crippen LogP contribution in [0.1, 0.15) is 57.6 Å². The Bertz CT molecular complexity index is 854. The largest absolute Gasteiger partial charge is 0.392 e. The number of carbonyl (C=O) groups excluding carboxylic acids is 1. The van der Waals surface area contributed by atoms with Crippen molar-refractivity contribution in [1.82, 2.24) is 9.97 Å². The van der Waals surface area contributed by atoms with Gasteiger partial charge in [0.15, 0.2) is 11.4 Å². The highest BCUT2D eigenvalue weighted by Crippen LogP contribution is 2.41. The van der Waals surface area contributed by atoms with Crippen molar-refractivity contribution < 1.29 is 19.0 Å². The Hall–Kier alpha value is -2.37. The van der Waals surface area contributed by atoms with Gasteiger partial charge < -0.3 is 15.6 Å². The summed E-state index contributed by atoms with van der Waals surface area (Å²) < 4.78 is 19.6. The number of hydrogen-bond acceptors (Lipinski definition) is 7. The molecule has 0 spiro atoms. The summed E-state index contributed by atoms with van der Waals surface area (Å²) in [7, 11) is 0. The molecule has 3 rings (SSSR count). The first kappa shape index (κ1) is 22.3. The molecule has 3 heterocycles. The number of aliphatic hydroxyl groups excluding tert-OH is 1. The first-order valence-electron chi connectivity index (χ1n) is 10.5. The van der Waals surface area contributed by atoms with Crippen LogP contribution in [-0.2, 0) is 16.0 Å².